The molecule has 0 aliphatic carbocycles. The van der Waals surface area contributed by atoms with Gasteiger partial charge >= 0.3 is 0 Å². The highest BCUT2D eigenvalue weighted by Crippen LogP contribution is 2.39. The number of nitrogens with two attached hydrogens (primary N) is 1. The molecule has 0 spiro atoms. The second kappa shape index (κ2) is 7.85. The van der Waals surface area contributed by atoms with Crippen LogP contribution in [0.1, 0.15) is 30.9 Å². The fraction of sp³-hybridized carbons (Fsp3) is 0.455. The Labute approximate surface area is 174 Å². The van der Waals surface area contributed by atoms with Crippen molar-refractivity contribution in [2.75, 3.05) is 31.1 Å². The molecule has 1 saturated heterocycles. The van der Waals surface area contributed by atoms with E-state index < -0.39 is 6.23 Å². The number of pyridine rings is 1. The summed E-state index contributed by atoms with van der Waals surface area (Å²) in [6.45, 7) is 2.40. The molecule has 4 heterocycles. The summed E-state index contributed by atoms with van der Waals surface area (Å²) in [4.78, 5) is 11.7. The second-order valence-electron chi connectivity index (χ2n) is 8.05. The number of nitrogens with one attached hydrogen (secondary N) is 1. The summed E-state index contributed by atoms with van der Waals surface area (Å²) >= 11 is 0. The first-order valence-corrected chi connectivity index (χ1v) is 10.5. The van der Waals surface area contributed by atoms with E-state index in [0.29, 0.717) is 19.7 Å². The molecule has 3 aliphatic rings. The van der Waals surface area contributed by atoms with E-state index in [1.54, 1.807) is 12.1 Å². The van der Waals surface area contributed by atoms with Crippen molar-refractivity contribution in [2.24, 2.45) is 16.6 Å². The summed E-state index contributed by atoms with van der Waals surface area (Å²) in [5, 5.41) is 15.1. The first kappa shape index (κ1) is 19.3. The van der Waals surface area contributed by atoms with Crippen LogP contribution in [0, 0.1) is 11.7 Å². The maximum absolute atomic E-state index is 14.1. The third kappa shape index (κ3) is 3.40. The number of aromatic nitrogens is 1. The molecular formula is C22H26FN5O2. The molecule has 3 atom stereocenters. The molecule has 0 saturated carbocycles. The maximum Gasteiger partial charge on any atom is 0.129 e. The summed E-state index contributed by atoms with van der Waals surface area (Å²) in [5.74, 6) is 0.949. The maximum atomic E-state index is 14.1. The largest absolute Gasteiger partial charge is 0.493 e. The van der Waals surface area contributed by atoms with Crippen molar-refractivity contribution >= 4 is 11.5 Å². The minimum absolute atomic E-state index is 0.00478. The Morgan fingerprint density at radius 1 is 1.27 bits per heavy atom. The fourth-order valence-electron chi connectivity index (χ4n) is 4.64. The molecule has 30 heavy (non-hydrogen) atoms. The number of nitrogens with zero attached hydrogens (tertiary/aromatic N) is 3. The molecular weight excluding hydrogens is 385 g/mol. The molecule has 1 aromatic heterocycles. The van der Waals surface area contributed by atoms with Crippen LogP contribution in [0.15, 0.2) is 35.3 Å². The number of hydrogen-bond acceptors (Lipinski definition) is 7. The van der Waals surface area contributed by atoms with Crippen LogP contribution in [0.3, 0.4) is 0 Å². The quantitative estimate of drug-likeness (QED) is 0.594. The fourth-order valence-corrected chi connectivity index (χ4v) is 4.64. The topological polar surface area (TPSA) is 96.0 Å². The zero-order valence-corrected chi connectivity index (χ0v) is 16.7. The Morgan fingerprint density at radius 2 is 2.17 bits per heavy atom. The van der Waals surface area contributed by atoms with Crippen LogP contribution in [0.25, 0.3) is 5.70 Å². The number of halogens is 1. The third-order valence-electron chi connectivity index (χ3n) is 6.13. The predicted molar refractivity (Wildman–Crippen MR) is 111 cm³/mol. The lowest BCUT2D eigenvalue weighted by Gasteiger charge is -2.28. The highest BCUT2D eigenvalue weighted by atomic mass is 19.1. The van der Waals surface area contributed by atoms with Crippen molar-refractivity contribution in [1.82, 2.24) is 10.3 Å². The van der Waals surface area contributed by atoms with E-state index in [-0.39, 0.29) is 17.8 Å². The SMILES string of the molecule is N[C@@H](O)C1CN=c2ccc3nc2=C1NCCCOc1ccc(F)cc1[C@H]1CCCN31. The van der Waals surface area contributed by atoms with E-state index in [4.69, 9.17) is 15.5 Å². The predicted octanol–water partition coefficient (Wildman–Crippen LogP) is 0.569. The van der Waals surface area contributed by atoms with Crippen molar-refractivity contribution in [3.05, 3.63) is 52.4 Å². The number of aliphatic hydroxyl groups excluding tert-OH is 1. The van der Waals surface area contributed by atoms with Crippen LogP contribution in [-0.2, 0) is 0 Å². The highest BCUT2D eigenvalue weighted by Gasteiger charge is 2.31. The van der Waals surface area contributed by atoms with Gasteiger partial charge in [0.2, 0.25) is 0 Å². The minimum atomic E-state index is -1.02. The van der Waals surface area contributed by atoms with Crippen molar-refractivity contribution in [2.45, 2.75) is 31.5 Å². The molecule has 2 bridgehead atoms. The average Bonchev–Trinajstić information content (AvgIpc) is 3.23. The monoisotopic (exact) mass is 411 g/mol. The van der Waals surface area contributed by atoms with Gasteiger partial charge < -0.3 is 25.8 Å². The lowest BCUT2D eigenvalue weighted by atomic mass is 10.0. The lowest BCUT2D eigenvalue weighted by Crippen LogP contribution is -2.48. The smallest absolute Gasteiger partial charge is 0.129 e. The number of benzene rings is 1. The number of fused-ring (bicyclic) bond motifs is 5. The molecule has 4 N–H and O–H groups in total. The Morgan fingerprint density at radius 3 is 3.03 bits per heavy atom. The third-order valence-corrected chi connectivity index (χ3v) is 6.13. The molecule has 5 rings (SSSR count). The first-order chi connectivity index (χ1) is 14.6. The molecule has 7 nitrogen and oxygen atoms in total. The van der Waals surface area contributed by atoms with Crippen LogP contribution >= 0.6 is 0 Å². The average molecular weight is 411 g/mol. The Hall–Kier alpha value is -2.71. The first-order valence-electron chi connectivity index (χ1n) is 10.5. The van der Waals surface area contributed by atoms with Crippen molar-refractivity contribution in [3.63, 3.8) is 0 Å². The number of rotatable bonds is 1. The van der Waals surface area contributed by atoms with Crippen LogP contribution in [-0.4, -0.2) is 42.6 Å². The minimum Gasteiger partial charge on any atom is -0.493 e. The van der Waals surface area contributed by atoms with Crippen molar-refractivity contribution in [1.29, 1.82) is 0 Å². The molecule has 158 valence electrons. The number of aliphatic hydroxyl groups is 1. The van der Waals surface area contributed by atoms with Crippen LogP contribution in [0.2, 0.25) is 0 Å². The zero-order chi connectivity index (χ0) is 20.7. The molecule has 1 aromatic carbocycles. The Balaban J connectivity index is 1.67. The van der Waals surface area contributed by atoms with E-state index in [1.807, 2.05) is 12.1 Å². The van der Waals surface area contributed by atoms with Gasteiger partial charge in [0.1, 0.15) is 29.0 Å². The molecule has 0 radical (unpaired) electrons. The Bertz CT molecular complexity index is 1070. The van der Waals surface area contributed by atoms with Crippen molar-refractivity contribution in [3.8, 4) is 5.75 Å². The van der Waals surface area contributed by atoms with Crippen LogP contribution in [0.5, 0.6) is 5.75 Å². The summed E-state index contributed by atoms with van der Waals surface area (Å²) in [6.07, 6.45) is 1.62. The molecule has 1 fully saturated rings. The van der Waals surface area contributed by atoms with Gasteiger partial charge in [-0.2, -0.15) is 0 Å². The van der Waals surface area contributed by atoms with Gasteiger partial charge in [0.25, 0.3) is 0 Å². The lowest BCUT2D eigenvalue weighted by molar-refractivity contribution is 0.140. The van der Waals surface area contributed by atoms with Gasteiger partial charge in [-0.25, -0.2) is 9.37 Å². The molecule has 2 aromatic rings. The molecule has 8 heteroatoms. The van der Waals surface area contributed by atoms with Gasteiger partial charge in [-0.1, -0.05) is 0 Å². The van der Waals surface area contributed by atoms with E-state index in [0.717, 1.165) is 59.3 Å². The second-order valence-corrected chi connectivity index (χ2v) is 8.05. The summed E-state index contributed by atoms with van der Waals surface area (Å²) in [7, 11) is 0. The number of anilines is 1. The van der Waals surface area contributed by atoms with Crippen LogP contribution < -0.4 is 31.4 Å². The molecule has 1 unspecified atom stereocenters. The molecule has 3 aliphatic heterocycles. The van der Waals surface area contributed by atoms with E-state index in [9.17, 15) is 9.50 Å². The summed E-state index contributed by atoms with van der Waals surface area (Å²) in [5.41, 5.74) is 7.54. The van der Waals surface area contributed by atoms with Gasteiger partial charge in [-0.3, -0.25) is 4.99 Å². The van der Waals surface area contributed by atoms with Gasteiger partial charge in [0.05, 0.1) is 30.5 Å². The van der Waals surface area contributed by atoms with Gasteiger partial charge in [-0.05, 0) is 49.6 Å². The Kier molecular flexibility index (Phi) is 5.04. The van der Waals surface area contributed by atoms with E-state index in [1.165, 1.54) is 6.07 Å². The number of ether oxygens (including phenoxy) is 1. The standard InChI is InChI=1S/C22H26FN5O2/c23-13-4-6-18-14(11-13)17-3-1-9-28(17)19-7-5-16-21(27-19)20(25-8-2-10-30-18)15(12-26-16)22(24)29/h4-7,11,15,17,22,25,29H,1-3,8-10,12,24H2/t15?,17-,22+/m1/s1. The zero-order valence-electron chi connectivity index (χ0n) is 16.7. The normalized spacial score (nSPS) is 24.1. The van der Waals surface area contributed by atoms with Crippen molar-refractivity contribution < 1.29 is 14.2 Å². The van der Waals surface area contributed by atoms with Gasteiger partial charge in [0, 0.05) is 24.4 Å². The van der Waals surface area contributed by atoms with E-state index >= 15 is 0 Å². The van der Waals surface area contributed by atoms with Crippen LogP contribution in [0.4, 0.5) is 10.2 Å². The summed E-state index contributed by atoms with van der Waals surface area (Å²) < 4.78 is 20.2. The van der Waals surface area contributed by atoms with E-state index in [2.05, 4.69) is 15.2 Å². The highest BCUT2D eigenvalue weighted by molar-refractivity contribution is 5.51. The molecule has 0 amide bonds. The summed E-state index contributed by atoms with van der Waals surface area (Å²) in [6, 6.07) is 8.69. The number of hydrogen-bond donors (Lipinski definition) is 3. The van der Waals surface area contributed by atoms with Gasteiger partial charge in [0.15, 0.2) is 0 Å². The van der Waals surface area contributed by atoms with Gasteiger partial charge in [-0.15, -0.1) is 0 Å².